The molecule has 0 bridgehead atoms. The van der Waals surface area contributed by atoms with Gasteiger partial charge in [0.25, 0.3) is 5.91 Å². The number of aliphatic hydroxyl groups excluding tert-OH is 1. The first-order valence-electron chi connectivity index (χ1n) is 5.76. The van der Waals surface area contributed by atoms with Gasteiger partial charge < -0.3 is 10.4 Å². The Kier molecular flexibility index (Phi) is 3.35. The van der Waals surface area contributed by atoms with E-state index in [1.54, 1.807) is 0 Å². The van der Waals surface area contributed by atoms with E-state index in [1.807, 2.05) is 6.92 Å². The van der Waals surface area contributed by atoms with Gasteiger partial charge in [0.05, 0.1) is 5.56 Å². The van der Waals surface area contributed by atoms with Gasteiger partial charge in [-0.3, -0.25) is 4.79 Å². The summed E-state index contributed by atoms with van der Waals surface area (Å²) in [4.78, 5) is 11.9. The van der Waals surface area contributed by atoms with Crippen molar-refractivity contribution < 1.29 is 14.3 Å². The molecule has 0 radical (unpaired) electrons. The molecule has 0 atom stereocenters. The average Bonchev–Trinajstić information content (AvgIpc) is 3.05. The highest BCUT2D eigenvalue weighted by Gasteiger charge is 2.39. The summed E-state index contributed by atoms with van der Waals surface area (Å²) in [7, 11) is 0. The van der Waals surface area contributed by atoms with Crippen LogP contribution in [0.3, 0.4) is 0 Å². The van der Waals surface area contributed by atoms with Crippen LogP contribution in [0.25, 0.3) is 0 Å². The molecule has 1 fully saturated rings. The minimum Gasteiger partial charge on any atom is -0.384 e. The van der Waals surface area contributed by atoms with E-state index >= 15 is 0 Å². The summed E-state index contributed by atoms with van der Waals surface area (Å²) in [6, 6.07) is 4.10. The Balaban J connectivity index is 2.22. The molecule has 1 aliphatic rings. The fourth-order valence-electron chi connectivity index (χ4n) is 1.57. The van der Waals surface area contributed by atoms with Crippen molar-refractivity contribution in [1.82, 2.24) is 5.32 Å². The predicted molar refractivity (Wildman–Crippen MR) is 65.5 cm³/mol. The van der Waals surface area contributed by atoms with Crippen LogP contribution >= 0.6 is 0 Å². The van der Waals surface area contributed by atoms with Crippen molar-refractivity contribution in [3.05, 3.63) is 35.1 Å². The third kappa shape index (κ3) is 2.88. The molecule has 0 saturated heterocycles. The first-order valence-corrected chi connectivity index (χ1v) is 5.76. The molecule has 0 spiro atoms. The molecule has 4 heteroatoms. The Morgan fingerprint density at radius 1 is 1.56 bits per heavy atom. The molecule has 0 heterocycles. The molecule has 18 heavy (non-hydrogen) atoms. The molecule has 0 aromatic heterocycles. The van der Waals surface area contributed by atoms with Crippen LogP contribution < -0.4 is 5.32 Å². The third-order valence-corrected chi connectivity index (χ3v) is 2.94. The minimum atomic E-state index is -0.564. The number of aliphatic hydroxyl groups is 1. The van der Waals surface area contributed by atoms with E-state index in [0.717, 1.165) is 12.8 Å². The van der Waals surface area contributed by atoms with Crippen molar-refractivity contribution in [2.24, 2.45) is 0 Å². The van der Waals surface area contributed by atoms with E-state index in [0.29, 0.717) is 5.56 Å². The van der Waals surface area contributed by atoms with Gasteiger partial charge in [0.15, 0.2) is 0 Å². The average molecular weight is 247 g/mol. The van der Waals surface area contributed by atoms with Crippen molar-refractivity contribution in [1.29, 1.82) is 0 Å². The lowest BCUT2D eigenvalue weighted by Crippen LogP contribution is -2.34. The van der Waals surface area contributed by atoms with E-state index in [9.17, 15) is 9.18 Å². The molecule has 94 valence electrons. The monoisotopic (exact) mass is 247 g/mol. The van der Waals surface area contributed by atoms with Gasteiger partial charge in [-0.15, -0.1) is 0 Å². The fraction of sp³-hybridized carbons (Fsp3) is 0.357. The number of benzene rings is 1. The first kappa shape index (κ1) is 12.6. The van der Waals surface area contributed by atoms with Crippen LogP contribution in [-0.2, 0) is 0 Å². The van der Waals surface area contributed by atoms with Crippen LogP contribution in [-0.4, -0.2) is 23.2 Å². The summed E-state index contributed by atoms with van der Waals surface area (Å²) in [5.74, 6) is 4.13. The molecule has 2 N–H and O–H groups in total. The molecule has 1 amide bonds. The summed E-state index contributed by atoms with van der Waals surface area (Å²) in [6.07, 6.45) is 1.84. The molecule has 1 aliphatic carbocycles. The van der Waals surface area contributed by atoms with Gasteiger partial charge in [0, 0.05) is 11.1 Å². The Labute approximate surface area is 105 Å². The molecule has 2 rings (SSSR count). The number of amides is 1. The quantitative estimate of drug-likeness (QED) is 0.777. The van der Waals surface area contributed by atoms with Crippen LogP contribution in [0.1, 0.15) is 35.7 Å². The van der Waals surface area contributed by atoms with Crippen molar-refractivity contribution >= 4 is 5.91 Å². The number of rotatable bonds is 2. The maximum atomic E-state index is 13.6. The fourth-order valence-corrected chi connectivity index (χ4v) is 1.57. The summed E-state index contributed by atoms with van der Waals surface area (Å²) in [6.45, 7) is 1.66. The standard InChI is InChI=1S/C14H14FNO2/c1-14(6-7-14)16-13(18)11-9-10(3-2-8-17)4-5-12(11)15/h4-5,9,17H,6-8H2,1H3,(H,16,18). The van der Waals surface area contributed by atoms with Gasteiger partial charge >= 0.3 is 0 Å². The van der Waals surface area contributed by atoms with Crippen molar-refractivity contribution in [2.45, 2.75) is 25.3 Å². The second kappa shape index (κ2) is 4.79. The van der Waals surface area contributed by atoms with Crippen molar-refractivity contribution in [2.75, 3.05) is 6.61 Å². The van der Waals surface area contributed by atoms with Crippen LogP contribution in [0.2, 0.25) is 0 Å². The zero-order valence-corrected chi connectivity index (χ0v) is 10.1. The Morgan fingerprint density at radius 2 is 2.28 bits per heavy atom. The highest BCUT2D eigenvalue weighted by molar-refractivity contribution is 5.95. The molecular weight excluding hydrogens is 233 g/mol. The maximum Gasteiger partial charge on any atom is 0.254 e. The van der Waals surface area contributed by atoms with Crippen LogP contribution in [0.4, 0.5) is 4.39 Å². The SMILES string of the molecule is CC1(NC(=O)c2cc(C#CCO)ccc2F)CC1. The highest BCUT2D eigenvalue weighted by Crippen LogP contribution is 2.34. The smallest absolute Gasteiger partial charge is 0.254 e. The number of hydrogen-bond donors (Lipinski definition) is 2. The lowest BCUT2D eigenvalue weighted by molar-refractivity contribution is 0.0931. The number of carbonyl (C=O) groups excluding carboxylic acids is 1. The zero-order valence-electron chi connectivity index (χ0n) is 10.1. The molecule has 1 aromatic carbocycles. The lowest BCUT2D eigenvalue weighted by Gasteiger charge is -2.12. The summed E-state index contributed by atoms with van der Waals surface area (Å²) < 4.78 is 13.6. The molecule has 1 saturated carbocycles. The predicted octanol–water partition coefficient (Wildman–Crippen LogP) is 1.45. The normalized spacial score (nSPS) is 15.5. The summed E-state index contributed by atoms with van der Waals surface area (Å²) >= 11 is 0. The van der Waals surface area contributed by atoms with Gasteiger partial charge in [-0.25, -0.2) is 4.39 Å². The molecule has 0 unspecified atom stereocenters. The number of carbonyl (C=O) groups is 1. The Morgan fingerprint density at radius 3 is 2.89 bits per heavy atom. The largest absolute Gasteiger partial charge is 0.384 e. The highest BCUT2D eigenvalue weighted by atomic mass is 19.1. The molecule has 3 nitrogen and oxygen atoms in total. The van der Waals surface area contributed by atoms with Gasteiger partial charge in [-0.1, -0.05) is 11.8 Å². The van der Waals surface area contributed by atoms with Crippen LogP contribution in [0, 0.1) is 17.7 Å². The number of halogens is 1. The third-order valence-electron chi connectivity index (χ3n) is 2.94. The van der Waals surface area contributed by atoms with Gasteiger partial charge in [0.2, 0.25) is 0 Å². The second-order valence-electron chi connectivity index (χ2n) is 4.67. The van der Waals surface area contributed by atoms with Gasteiger partial charge in [-0.2, -0.15) is 0 Å². The summed E-state index contributed by atoms with van der Waals surface area (Å²) in [5, 5.41) is 11.4. The Bertz CT molecular complexity index is 538. The van der Waals surface area contributed by atoms with Crippen LogP contribution in [0.5, 0.6) is 0 Å². The van der Waals surface area contributed by atoms with E-state index < -0.39 is 11.7 Å². The Hall–Kier alpha value is -1.86. The van der Waals surface area contributed by atoms with Gasteiger partial charge in [-0.05, 0) is 38.0 Å². The minimum absolute atomic E-state index is 0.00661. The van der Waals surface area contributed by atoms with Crippen LogP contribution in [0.15, 0.2) is 18.2 Å². The first-order chi connectivity index (χ1) is 8.54. The van der Waals surface area contributed by atoms with E-state index in [1.165, 1.54) is 18.2 Å². The van der Waals surface area contributed by atoms with E-state index in [4.69, 9.17) is 5.11 Å². The molecular formula is C14H14FNO2. The second-order valence-corrected chi connectivity index (χ2v) is 4.67. The van der Waals surface area contributed by atoms with Crippen molar-refractivity contribution in [3.63, 3.8) is 0 Å². The van der Waals surface area contributed by atoms with E-state index in [2.05, 4.69) is 17.2 Å². The zero-order chi connectivity index (χ0) is 13.2. The molecule has 0 aliphatic heterocycles. The topological polar surface area (TPSA) is 49.3 Å². The summed E-state index contributed by atoms with van der Waals surface area (Å²) in [5.41, 5.74) is 0.320. The van der Waals surface area contributed by atoms with Crippen molar-refractivity contribution in [3.8, 4) is 11.8 Å². The lowest BCUT2D eigenvalue weighted by atomic mass is 10.1. The van der Waals surface area contributed by atoms with E-state index in [-0.39, 0.29) is 17.7 Å². The number of nitrogens with one attached hydrogen (secondary N) is 1. The maximum absolute atomic E-state index is 13.6. The molecule has 1 aromatic rings. The van der Waals surface area contributed by atoms with Gasteiger partial charge in [0.1, 0.15) is 12.4 Å². The number of hydrogen-bond acceptors (Lipinski definition) is 2.